The van der Waals surface area contributed by atoms with Crippen molar-refractivity contribution in [3.63, 3.8) is 0 Å². The van der Waals surface area contributed by atoms with Crippen molar-refractivity contribution in [3.05, 3.63) is 41.0 Å². The molecule has 0 aliphatic rings. The van der Waals surface area contributed by atoms with Gasteiger partial charge in [0.1, 0.15) is 11.5 Å². The minimum Gasteiger partial charge on any atom is -0.368 e. The first-order valence-corrected chi connectivity index (χ1v) is 6.88. The van der Waals surface area contributed by atoms with Gasteiger partial charge in [-0.15, -0.1) is 0 Å². The fraction of sp³-hybridized carbons (Fsp3) is 0.375. The van der Waals surface area contributed by atoms with E-state index in [1.165, 1.54) is 6.07 Å². The number of nitrogens with one attached hydrogen (secondary N) is 1. The molecule has 0 saturated heterocycles. The highest BCUT2D eigenvalue weighted by Crippen LogP contribution is 2.27. The SMILES string of the molecule is CCCNc1nc(C)c(C)nc1-c1ccc(F)c(C)c1. The fourth-order valence-corrected chi connectivity index (χ4v) is 1.96. The number of hydrogen-bond acceptors (Lipinski definition) is 3. The highest BCUT2D eigenvalue weighted by molar-refractivity contribution is 5.72. The Balaban J connectivity index is 2.52. The summed E-state index contributed by atoms with van der Waals surface area (Å²) in [6, 6.07) is 5.04. The Labute approximate surface area is 119 Å². The maximum Gasteiger partial charge on any atom is 0.152 e. The summed E-state index contributed by atoms with van der Waals surface area (Å²) in [5.41, 5.74) is 4.09. The van der Waals surface area contributed by atoms with Gasteiger partial charge in [0.25, 0.3) is 0 Å². The summed E-state index contributed by atoms with van der Waals surface area (Å²) in [5.74, 6) is 0.564. The molecule has 0 aliphatic carbocycles. The predicted molar refractivity (Wildman–Crippen MR) is 80.4 cm³/mol. The predicted octanol–water partition coefficient (Wildman–Crippen LogP) is 4.03. The highest BCUT2D eigenvalue weighted by atomic mass is 19.1. The lowest BCUT2D eigenvalue weighted by Crippen LogP contribution is -2.07. The molecular weight excluding hydrogens is 253 g/mol. The van der Waals surface area contributed by atoms with Crippen molar-refractivity contribution in [1.82, 2.24) is 9.97 Å². The molecule has 0 atom stereocenters. The van der Waals surface area contributed by atoms with Gasteiger partial charge in [-0.2, -0.15) is 0 Å². The summed E-state index contributed by atoms with van der Waals surface area (Å²) in [4.78, 5) is 9.19. The molecule has 0 unspecified atom stereocenters. The largest absolute Gasteiger partial charge is 0.368 e. The number of hydrogen-bond donors (Lipinski definition) is 1. The van der Waals surface area contributed by atoms with Gasteiger partial charge in [-0.1, -0.05) is 6.92 Å². The molecule has 0 aliphatic heterocycles. The molecule has 3 nitrogen and oxygen atoms in total. The van der Waals surface area contributed by atoms with Crippen LogP contribution < -0.4 is 5.32 Å². The van der Waals surface area contributed by atoms with Crippen LogP contribution in [0.1, 0.15) is 30.3 Å². The zero-order chi connectivity index (χ0) is 14.7. The monoisotopic (exact) mass is 273 g/mol. The normalized spacial score (nSPS) is 10.7. The van der Waals surface area contributed by atoms with Gasteiger partial charge < -0.3 is 5.32 Å². The Bertz CT molecular complexity index is 623. The van der Waals surface area contributed by atoms with E-state index < -0.39 is 0 Å². The molecule has 106 valence electrons. The van der Waals surface area contributed by atoms with Gasteiger partial charge in [0.2, 0.25) is 0 Å². The Morgan fingerprint density at radius 2 is 1.80 bits per heavy atom. The van der Waals surface area contributed by atoms with Crippen LogP contribution in [0.15, 0.2) is 18.2 Å². The van der Waals surface area contributed by atoms with Crippen LogP contribution in [-0.4, -0.2) is 16.5 Å². The molecule has 2 rings (SSSR count). The first kappa shape index (κ1) is 14.4. The average Bonchev–Trinajstić information content (AvgIpc) is 2.43. The molecule has 0 bridgehead atoms. The van der Waals surface area contributed by atoms with E-state index in [1.54, 1.807) is 13.0 Å². The van der Waals surface area contributed by atoms with E-state index in [-0.39, 0.29) is 5.82 Å². The molecule has 0 fully saturated rings. The van der Waals surface area contributed by atoms with Crippen LogP contribution in [0, 0.1) is 26.6 Å². The molecule has 0 amide bonds. The van der Waals surface area contributed by atoms with E-state index in [0.29, 0.717) is 5.56 Å². The molecule has 20 heavy (non-hydrogen) atoms. The first-order chi connectivity index (χ1) is 9.52. The number of rotatable bonds is 4. The number of aromatic nitrogens is 2. The zero-order valence-electron chi connectivity index (χ0n) is 12.4. The lowest BCUT2D eigenvalue weighted by molar-refractivity contribution is 0.618. The fourth-order valence-electron chi connectivity index (χ4n) is 1.96. The van der Waals surface area contributed by atoms with E-state index in [9.17, 15) is 4.39 Å². The van der Waals surface area contributed by atoms with Crippen LogP contribution in [0.25, 0.3) is 11.3 Å². The lowest BCUT2D eigenvalue weighted by atomic mass is 10.1. The second-order valence-electron chi connectivity index (χ2n) is 4.98. The Kier molecular flexibility index (Phi) is 4.32. The molecule has 1 N–H and O–H groups in total. The zero-order valence-corrected chi connectivity index (χ0v) is 12.4. The van der Waals surface area contributed by atoms with Crippen LogP contribution in [0.3, 0.4) is 0 Å². The highest BCUT2D eigenvalue weighted by Gasteiger charge is 2.12. The van der Waals surface area contributed by atoms with Crippen molar-refractivity contribution < 1.29 is 4.39 Å². The van der Waals surface area contributed by atoms with Crippen molar-refractivity contribution in [1.29, 1.82) is 0 Å². The van der Waals surface area contributed by atoms with E-state index in [4.69, 9.17) is 0 Å². The summed E-state index contributed by atoms with van der Waals surface area (Å²) in [6.45, 7) is 8.57. The van der Waals surface area contributed by atoms with Crippen LogP contribution in [0.4, 0.5) is 10.2 Å². The van der Waals surface area contributed by atoms with Crippen LogP contribution in [0.2, 0.25) is 0 Å². The molecule has 1 heterocycles. The minimum absolute atomic E-state index is 0.200. The molecule has 0 radical (unpaired) electrons. The van der Waals surface area contributed by atoms with Gasteiger partial charge in [-0.05, 0) is 51.0 Å². The molecule has 4 heteroatoms. The molecule has 1 aromatic carbocycles. The summed E-state index contributed by atoms with van der Waals surface area (Å²) < 4.78 is 13.4. The van der Waals surface area contributed by atoms with E-state index in [2.05, 4.69) is 22.2 Å². The maximum atomic E-state index is 13.4. The maximum absolute atomic E-state index is 13.4. The van der Waals surface area contributed by atoms with Gasteiger partial charge in [0.15, 0.2) is 5.82 Å². The molecule has 1 aromatic heterocycles. The Morgan fingerprint density at radius 3 is 2.45 bits per heavy atom. The second-order valence-corrected chi connectivity index (χ2v) is 4.98. The van der Waals surface area contributed by atoms with Crippen LogP contribution in [-0.2, 0) is 0 Å². The standard InChI is InChI=1S/C16H20FN3/c1-5-8-18-16-15(19-11(3)12(4)20-16)13-6-7-14(17)10(2)9-13/h6-7,9H,5,8H2,1-4H3,(H,18,20). The number of anilines is 1. The summed E-state index contributed by atoms with van der Waals surface area (Å²) in [5, 5.41) is 3.30. The van der Waals surface area contributed by atoms with Gasteiger partial charge in [0, 0.05) is 12.1 Å². The van der Waals surface area contributed by atoms with Crippen LogP contribution in [0.5, 0.6) is 0 Å². The van der Waals surface area contributed by atoms with Gasteiger partial charge in [0.05, 0.1) is 11.4 Å². The van der Waals surface area contributed by atoms with Gasteiger partial charge in [-0.25, -0.2) is 14.4 Å². The van der Waals surface area contributed by atoms with Gasteiger partial charge >= 0.3 is 0 Å². The Morgan fingerprint density at radius 1 is 1.10 bits per heavy atom. The summed E-state index contributed by atoms with van der Waals surface area (Å²) in [7, 11) is 0. The molecule has 0 spiro atoms. The van der Waals surface area contributed by atoms with Gasteiger partial charge in [-0.3, -0.25) is 0 Å². The first-order valence-electron chi connectivity index (χ1n) is 6.88. The van der Waals surface area contributed by atoms with Crippen molar-refractivity contribution in [2.24, 2.45) is 0 Å². The summed E-state index contributed by atoms with van der Waals surface area (Å²) in [6.07, 6.45) is 1.01. The van der Waals surface area contributed by atoms with Crippen molar-refractivity contribution >= 4 is 5.82 Å². The van der Waals surface area contributed by atoms with E-state index in [0.717, 1.165) is 41.4 Å². The minimum atomic E-state index is -0.200. The molecular formula is C16H20FN3. The average molecular weight is 273 g/mol. The van der Waals surface area contributed by atoms with Crippen molar-refractivity contribution in [3.8, 4) is 11.3 Å². The third-order valence-corrected chi connectivity index (χ3v) is 3.28. The van der Waals surface area contributed by atoms with Crippen LogP contribution >= 0.6 is 0 Å². The molecule has 2 aromatic rings. The second kappa shape index (κ2) is 5.99. The van der Waals surface area contributed by atoms with Crippen molar-refractivity contribution in [2.45, 2.75) is 34.1 Å². The quantitative estimate of drug-likeness (QED) is 0.914. The topological polar surface area (TPSA) is 37.8 Å². The van der Waals surface area contributed by atoms with E-state index >= 15 is 0 Å². The summed E-state index contributed by atoms with van der Waals surface area (Å²) >= 11 is 0. The molecule has 0 saturated carbocycles. The van der Waals surface area contributed by atoms with Crippen molar-refractivity contribution in [2.75, 3.05) is 11.9 Å². The Hall–Kier alpha value is -1.97. The third-order valence-electron chi connectivity index (χ3n) is 3.28. The smallest absolute Gasteiger partial charge is 0.152 e. The number of nitrogens with zero attached hydrogens (tertiary/aromatic N) is 2. The number of aryl methyl sites for hydroxylation is 3. The number of halogens is 1. The van der Waals surface area contributed by atoms with E-state index in [1.807, 2.05) is 19.9 Å². The number of benzene rings is 1. The lowest BCUT2D eigenvalue weighted by Gasteiger charge is -2.13. The third kappa shape index (κ3) is 2.95.